The molecule has 4 heteroatoms. The minimum atomic E-state index is -3.05. The van der Waals surface area contributed by atoms with Gasteiger partial charge in [-0.1, -0.05) is 119 Å². The normalized spacial score (nSPS) is 16.5. The first-order valence-corrected chi connectivity index (χ1v) is 22.1. The van der Waals surface area contributed by atoms with Crippen LogP contribution in [0, 0.1) is 41.5 Å². The third kappa shape index (κ3) is 6.85. The Balaban J connectivity index is 1.14. The van der Waals surface area contributed by atoms with E-state index in [1.54, 1.807) is 0 Å². The molecule has 1 aliphatic rings. The lowest BCUT2D eigenvalue weighted by Crippen LogP contribution is -2.26. The standard InChI is InChI=1S/C48H50O2P2/c1-33-11-7-15-41(27-33)51(49,42-16-8-12-34(2)28-42)45-23-25-47(37(5)31-45)39-19-21-40(22-20-39)48-26-24-46(32-38(48)6)52(50,43-17-9-13-35(3)29-43)44-18-10-14-36(4)30-44/h7-18,23-32,39-40H,19-22H2,1-6H3. The lowest BCUT2D eigenvalue weighted by molar-refractivity contribution is 0.394. The van der Waals surface area contributed by atoms with E-state index >= 15 is 9.13 Å². The zero-order chi connectivity index (χ0) is 36.6. The van der Waals surface area contributed by atoms with E-state index in [2.05, 4.69) is 126 Å². The fourth-order valence-corrected chi connectivity index (χ4v) is 14.4. The average Bonchev–Trinajstić information content (AvgIpc) is 3.14. The van der Waals surface area contributed by atoms with Crippen molar-refractivity contribution < 1.29 is 9.13 Å². The minimum Gasteiger partial charge on any atom is -0.309 e. The Morgan fingerprint density at radius 3 is 0.885 bits per heavy atom. The van der Waals surface area contributed by atoms with Crippen molar-refractivity contribution in [3.05, 3.63) is 178 Å². The van der Waals surface area contributed by atoms with Gasteiger partial charge in [-0.25, -0.2) is 0 Å². The smallest absolute Gasteiger partial charge is 0.171 e. The van der Waals surface area contributed by atoms with Crippen LogP contribution in [0.25, 0.3) is 0 Å². The van der Waals surface area contributed by atoms with Crippen LogP contribution in [0.3, 0.4) is 0 Å². The van der Waals surface area contributed by atoms with Gasteiger partial charge in [0.05, 0.1) is 0 Å². The van der Waals surface area contributed by atoms with E-state index in [1.165, 1.54) is 22.3 Å². The van der Waals surface area contributed by atoms with Crippen molar-refractivity contribution in [3.8, 4) is 0 Å². The molecule has 7 rings (SSSR count). The molecule has 6 aromatic rings. The Hall–Kier alpha value is -4.22. The van der Waals surface area contributed by atoms with Gasteiger partial charge >= 0.3 is 0 Å². The van der Waals surface area contributed by atoms with Crippen molar-refractivity contribution in [3.63, 3.8) is 0 Å². The lowest BCUT2D eigenvalue weighted by atomic mass is 9.74. The summed E-state index contributed by atoms with van der Waals surface area (Å²) in [6.45, 7) is 12.7. The molecule has 264 valence electrons. The molecule has 2 nitrogen and oxygen atoms in total. The lowest BCUT2D eigenvalue weighted by Gasteiger charge is -2.31. The van der Waals surface area contributed by atoms with Gasteiger partial charge in [0.2, 0.25) is 0 Å². The second-order valence-electron chi connectivity index (χ2n) is 15.2. The number of hydrogen-bond donors (Lipinski definition) is 0. The highest BCUT2D eigenvalue weighted by molar-refractivity contribution is 7.85. The van der Waals surface area contributed by atoms with Gasteiger partial charge in [-0.2, -0.15) is 0 Å². The number of benzene rings is 6. The molecule has 0 aliphatic heterocycles. The second kappa shape index (κ2) is 14.7. The molecule has 0 bridgehead atoms. The van der Waals surface area contributed by atoms with Gasteiger partial charge in [-0.05, 0) is 138 Å². The van der Waals surface area contributed by atoms with E-state index in [-0.39, 0.29) is 0 Å². The van der Waals surface area contributed by atoms with E-state index in [4.69, 9.17) is 0 Å². The molecule has 0 amide bonds. The highest BCUT2D eigenvalue weighted by Gasteiger charge is 2.33. The summed E-state index contributed by atoms with van der Waals surface area (Å²) in [7, 11) is -6.11. The quantitative estimate of drug-likeness (QED) is 0.147. The Kier molecular flexibility index (Phi) is 10.2. The van der Waals surface area contributed by atoms with Gasteiger partial charge in [-0.15, -0.1) is 0 Å². The summed E-state index contributed by atoms with van der Waals surface area (Å²) < 4.78 is 30.5. The maximum Gasteiger partial charge on any atom is 0.171 e. The first-order valence-electron chi connectivity index (χ1n) is 18.7. The van der Waals surface area contributed by atoms with Crippen molar-refractivity contribution in [2.45, 2.75) is 79.1 Å². The Bertz CT molecular complexity index is 2100. The van der Waals surface area contributed by atoms with Crippen LogP contribution in [-0.4, -0.2) is 0 Å². The van der Waals surface area contributed by atoms with Gasteiger partial charge in [0.1, 0.15) is 0 Å². The monoisotopic (exact) mass is 720 g/mol. The Labute approximate surface area is 311 Å². The maximum absolute atomic E-state index is 15.3. The molecule has 52 heavy (non-hydrogen) atoms. The molecule has 0 aromatic heterocycles. The molecule has 6 aromatic carbocycles. The van der Waals surface area contributed by atoms with Crippen molar-refractivity contribution >= 4 is 46.1 Å². The molecular formula is C48H50O2P2. The first-order chi connectivity index (χ1) is 25.0. The molecule has 1 fully saturated rings. The molecule has 0 radical (unpaired) electrons. The van der Waals surface area contributed by atoms with Crippen LogP contribution < -0.4 is 31.8 Å². The molecule has 1 saturated carbocycles. The predicted molar refractivity (Wildman–Crippen MR) is 224 cm³/mol. The van der Waals surface area contributed by atoms with E-state index in [0.717, 1.165) is 79.8 Å². The molecule has 0 atom stereocenters. The molecular weight excluding hydrogens is 670 g/mol. The van der Waals surface area contributed by atoms with Gasteiger partial charge < -0.3 is 9.13 Å². The zero-order valence-electron chi connectivity index (χ0n) is 31.4. The van der Waals surface area contributed by atoms with E-state index < -0.39 is 14.3 Å². The highest BCUT2D eigenvalue weighted by atomic mass is 31.2. The van der Waals surface area contributed by atoms with Crippen molar-refractivity contribution in [2.24, 2.45) is 0 Å². The summed E-state index contributed by atoms with van der Waals surface area (Å²) >= 11 is 0. The fraction of sp³-hybridized carbons (Fsp3) is 0.250. The van der Waals surface area contributed by atoms with E-state index in [0.29, 0.717) is 11.8 Å². The largest absolute Gasteiger partial charge is 0.309 e. The second-order valence-corrected chi connectivity index (χ2v) is 20.7. The number of hydrogen-bond acceptors (Lipinski definition) is 2. The zero-order valence-corrected chi connectivity index (χ0v) is 33.2. The summed E-state index contributed by atoms with van der Waals surface area (Å²) in [6, 6.07) is 46.1. The minimum absolute atomic E-state index is 0.477. The first kappa shape index (κ1) is 36.2. The third-order valence-electron chi connectivity index (χ3n) is 11.3. The highest BCUT2D eigenvalue weighted by Crippen LogP contribution is 2.47. The van der Waals surface area contributed by atoms with E-state index in [1.807, 2.05) is 48.5 Å². The molecule has 0 N–H and O–H groups in total. The number of aryl methyl sites for hydroxylation is 6. The summed E-state index contributed by atoms with van der Waals surface area (Å²) in [4.78, 5) is 0. The van der Waals surface area contributed by atoms with Crippen LogP contribution in [0.4, 0.5) is 0 Å². The van der Waals surface area contributed by atoms with Gasteiger partial charge in [0, 0.05) is 31.8 Å². The van der Waals surface area contributed by atoms with Crippen LogP contribution >= 0.6 is 14.3 Å². The molecule has 0 saturated heterocycles. The van der Waals surface area contributed by atoms with Crippen LogP contribution in [0.15, 0.2) is 133 Å². The van der Waals surface area contributed by atoms with Crippen LogP contribution in [0.5, 0.6) is 0 Å². The van der Waals surface area contributed by atoms with Gasteiger partial charge in [0.15, 0.2) is 14.3 Å². The predicted octanol–water partition coefficient (Wildman–Crippen LogP) is 10.3. The SMILES string of the molecule is Cc1cccc(P(=O)(c2cccc(C)c2)c2ccc(C3CCC(c4ccc(P(=O)(c5cccc(C)c5)c5cccc(C)c5)cc4C)CC3)c(C)c2)c1. The number of rotatable bonds is 8. The van der Waals surface area contributed by atoms with Gasteiger partial charge in [-0.3, -0.25) is 0 Å². The van der Waals surface area contributed by atoms with Crippen LogP contribution in [0.2, 0.25) is 0 Å². The van der Waals surface area contributed by atoms with Crippen LogP contribution in [-0.2, 0) is 9.13 Å². The Morgan fingerprint density at radius 1 is 0.365 bits per heavy atom. The molecule has 1 aliphatic carbocycles. The molecule has 0 unspecified atom stereocenters. The summed E-state index contributed by atoms with van der Waals surface area (Å²) in [6.07, 6.45) is 4.46. The average molecular weight is 721 g/mol. The van der Waals surface area contributed by atoms with Crippen molar-refractivity contribution in [1.29, 1.82) is 0 Å². The summed E-state index contributed by atoms with van der Waals surface area (Å²) in [5.74, 6) is 0.954. The van der Waals surface area contributed by atoms with Gasteiger partial charge in [0.25, 0.3) is 0 Å². The van der Waals surface area contributed by atoms with Crippen molar-refractivity contribution in [1.82, 2.24) is 0 Å². The summed E-state index contributed by atoms with van der Waals surface area (Å²) in [5.41, 5.74) is 9.69. The topological polar surface area (TPSA) is 34.1 Å². The Morgan fingerprint density at radius 2 is 0.635 bits per heavy atom. The summed E-state index contributed by atoms with van der Waals surface area (Å²) in [5, 5.41) is 5.37. The maximum atomic E-state index is 15.3. The van der Waals surface area contributed by atoms with Crippen LogP contribution in [0.1, 0.15) is 82.0 Å². The van der Waals surface area contributed by atoms with Crippen molar-refractivity contribution in [2.75, 3.05) is 0 Å². The fourth-order valence-electron chi connectivity index (χ4n) is 8.53. The molecule has 0 spiro atoms. The van der Waals surface area contributed by atoms with E-state index in [9.17, 15) is 0 Å². The molecule has 0 heterocycles. The third-order valence-corrected chi connectivity index (χ3v) is 17.3.